The molecule has 0 fully saturated rings. The molecule has 3 aromatic rings. The number of anilines is 1. The number of para-hydroxylation sites is 2. The molecule has 7 nitrogen and oxygen atoms in total. The first-order valence-electron chi connectivity index (χ1n) is 8.90. The fourth-order valence-corrected chi connectivity index (χ4v) is 3.86. The van der Waals surface area contributed by atoms with Gasteiger partial charge in [0.2, 0.25) is 0 Å². The predicted molar refractivity (Wildman–Crippen MR) is 105 cm³/mol. The highest BCUT2D eigenvalue weighted by atomic mass is 32.1. The first-order valence-corrected chi connectivity index (χ1v) is 9.78. The second kappa shape index (κ2) is 7.40. The van der Waals surface area contributed by atoms with Crippen molar-refractivity contribution in [2.24, 2.45) is 0 Å². The van der Waals surface area contributed by atoms with Crippen LogP contribution in [0, 0.1) is 0 Å². The van der Waals surface area contributed by atoms with Crippen molar-refractivity contribution in [2.45, 2.75) is 26.0 Å². The largest absolute Gasteiger partial charge is 0.477 e. The molecule has 0 aliphatic carbocycles. The zero-order valence-corrected chi connectivity index (χ0v) is 15.7. The van der Waals surface area contributed by atoms with Crippen molar-refractivity contribution in [3.8, 4) is 5.75 Å². The third-order valence-electron chi connectivity index (χ3n) is 4.41. The molecule has 0 saturated carbocycles. The van der Waals surface area contributed by atoms with Gasteiger partial charge in [0.05, 0.1) is 24.5 Å². The summed E-state index contributed by atoms with van der Waals surface area (Å²) in [7, 11) is 0. The van der Waals surface area contributed by atoms with Crippen molar-refractivity contribution >= 4 is 27.9 Å². The summed E-state index contributed by atoms with van der Waals surface area (Å²) in [5.41, 5.74) is 1.46. The van der Waals surface area contributed by atoms with E-state index in [-0.39, 0.29) is 11.5 Å². The van der Waals surface area contributed by atoms with Gasteiger partial charge in [0.1, 0.15) is 5.75 Å². The Labute approximate surface area is 160 Å². The Morgan fingerprint density at radius 1 is 1.41 bits per heavy atom. The molecule has 8 heteroatoms. The minimum absolute atomic E-state index is 0.102. The second-order valence-electron chi connectivity index (χ2n) is 6.39. The van der Waals surface area contributed by atoms with Crippen LogP contribution >= 0.6 is 11.3 Å². The molecule has 1 N–H and O–H groups in total. The van der Waals surface area contributed by atoms with Crippen molar-refractivity contribution in [1.29, 1.82) is 0 Å². The number of aromatic nitrogens is 2. The Kier molecular flexibility index (Phi) is 4.81. The number of nitrogens with zero attached hydrogens (tertiary/aromatic N) is 3. The van der Waals surface area contributed by atoms with Crippen molar-refractivity contribution in [3.05, 3.63) is 58.0 Å². The topological polar surface area (TPSA) is 75.9 Å². The minimum atomic E-state index is -0.599. The van der Waals surface area contributed by atoms with Crippen LogP contribution in [0.1, 0.15) is 19.0 Å². The molecule has 1 atom stereocenters. The summed E-state index contributed by atoms with van der Waals surface area (Å²) in [4.78, 5) is 32.0. The number of thiazole rings is 1. The summed E-state index contributed by atoms with van der Waals surface area (Å²) in [6.45, 7) is 3.46. The van der Waals surface area contributed by atoms with Crippen molar-refractivity contribution in [1.82, 2.24) is 14.7 Å². The van der Waals surface area contributed by atoms with Gasteiger partial charge < -0.3 is 15.0 Å². The molecule has 1 aromatic carbocycles. The highest BCUT2D eigenvalue weighted by Crippen LogP contribution is 2.33. The van der Waals surface area contributed by atoms with Crippen LogP contribution in [0.4, 0.5) is 5.69 Å². The first kappa shape index (κ1) is 17.5. The third-order valence-corrected chi connectivity index (χ3v) is 5.17. The van der Waals surface area contributed by atoms with E-state index in [0.29, 0.717) is 36.0 Å². The van der Waals surface area contributed by atoms with Crippen molar-refractivity contribution in [2.75, 3.05) is 18.0 Å². The molecule has 4 rings (SSSR count). The molecule has 2 aromatic heterocycles. The second-order valence-corrected chi connectivity index (χ2v) is 7.26. The fraction of sp³-hybridized carbons (Fsp3) is 0.316. The molecule has 0 spiro atoms. The lowest BCUT2D eigenvalue weighted by atomic mass is 10.1. The lowest BCUT2D eigenvalue weighted by Crippen LogP contribution is -2.49. The van der Waals surface area contributed by atoms with Crippen LogP contribution in [0.3, 0.4) is 0 Å². The van der Waals surface area contributed by atoms with E-state index < -0.39 is 6.10 Å². The number of amides is 1. The molecule has 27 heavy (non-hydrogen) atoms. The maximum atomic E-state index is 12.4. The molecule has 1 aliphatic rings. The van der Waals surface area contributed by atoms with Gasteiger partial charge in [0.25, 0.3) is 11.5 Å². The van der Waals surface area contributed by atoms with Gasteiger partial charge >= 0.3 is 0 Å². The van der Waals surface area contributed by atoms with Gasteiger partial charge in [-0.25, -0.2) is 4.98 Å². The smallest absolute Gasteiger partial charge is 0.262 e. The zero-order valence-electron chi connectivity index (χ0n) is 14.9. The molecular weight excluding hydrogens is 364 g/mol. The number of benzene rings is 1. The first-order chi connectivity index (χ1) is 13.2. The number of rotatable bonds is 5. The Bertz CT molecular complexity index is 1030. The molecular formula is C19H20N4O3S. The molecule has 0 unspecified atom stereocenters. The van der Waals surface area contributed by atoms with E-state index in [1.165, 1.54) is 15.7 Å². The lowest BCUT2D eigenvalue weighted by Gasteiger charge is -2.35. The minimum Gasteiger partial charge on any atom is -0.477 e. The van der Waals surface area contributed by atoms with Crippen LogP contribution < -0.4 is 20.5 Å². The Morgan fingerprint density at radius 2 is 2.26 bits per heavy atom. The lowest BCUT2D eigenvalue weighted by molar-refractivity contribution is -0.127. The predicted octanol–water partition coefficient (Wildman–Crippen LogP) is 2.05. The van der Waals surface area contributed by atoms with Gasteiger partial charge in [-0.15, -0.1) is 11.3 Å². The Balaban J connectivity index is 1.63. The van der Waals surface area contributed by atoms with Crippen LogP contribution in [0.5, 0.6) is 5.75 Å². The van der Waals surface area contributed by atoms with Crippen LogP contribution in [0.2, 0.25) is 0 Å². The SMILES string of the molecule is CCCNC(=O)[C@H]1CN(Cc2cc(=O)n3ccsc3n2)c2ccccc2O1. The quantitative estimate of drug-likeness (QED) is 0.729. The summed E-state index contributed by atoms with van der Waals surface area (Å²) in [6.07, 6.45) is 1.99. The zero-order chi connectivity index (χ0) is 18.8. The number of carbonyl (C=O) groups excluding carboxylic acids is 1. The van der Waals surface area contributed by atoms with Gasteiger partial charge in [-0.2, -0.15) is 0 Å². The highest BCUT2D eigenvalue weighted by molar-refractivity contribution is 7.15. The maximum Gasteiger partial charge on any atom is 0.262 e. The van der Waals surface area contributed by atoms with E-state index >= 15 is 0 Å². The highest BCUT2D eigenvalue weighted by Gasteiger charge is 2.30. The Hall–Kier alpha value is -2.87. The Morgan fingerprint density at radius 3 is 3.11 bits per heavy atom. The third kappa shape index (κ3) is 3.52. The van der Waals surface area contributed by atoms with Gasteiger partial charge in [-0.1, -0.05) is 19.1 Å². The number of fused-ring (bicyclic) bond motifs is 2. The van der Waals surface area contributed by atoms with Gasteiger partial charge in [-0.3, -0.25) is 14.0 Å². The molecule has 140 valence electrons. The number of nitrogens with one attached hydrogen (secondary N) is 1. The van der Waals surface area contributed by atoms with Gasteiger partial charge in [0, 0.05) is 24.2 Å². The van der Waals surface area contributed by atoms with Crippen LogP contribution in [-0.4, -0.2) is 34.5 Å². The average Bonchev–Trinajstić information content (AvgIpc) is 3.15. The molecule has 0 radical (unpaired) electrons. The number of ether oxygens (including phenoxy) is 1. The molecule has 1 amide bonds. The van der Waals surface area contributed by atoms with Crippen LogP contribution in [0.25, 0.3) is 4.96 Å². The van der Waals surface area contributed by atoms with Crippen LogP contribution in [-0.2, 0) is 11.3 Å². The monoisotopic (exact) mass is 384 g/mol. The summed E-state index contributed by atoms with van der Waals surface area (Å²) in [5, 5.41) is 4.73. The summed E-state index contributed by atoms with van der Waals surface area (Å²) in [5.74, 6) is 0.535. The van der Waals surface area contributed by atoms with E-state index in [9.17, 15) is 9.59 Å². The van der Waals surface area contributed by atoms with Crippen molar-refractivity contribution in [3.63, 3.8) is 0 Å². The average molecular weight is 384 g/mol. The molecule has 0 bridgehead atoms. The number of hydrogen-bond donors (Lipinski definition) is 1. The molecule has 0 saturated heterocycles. The van der Waals surface area contributed by atoms with E-state index in [2.05, 4.69) is 10.3 Å². The fourth-order valence-electron chi connectivity index (χ4n) is 3.12. The maximum absolute atomic E-state index is 12.4. The van der Waals surface area contributed by atoms with E-state index in [4.69, 9.17) is 4.74 Å². The normalized spacial score (nSPS) is 16.0. The van der Waals surface area contributed by atoms with Crippen molar-refractivity contribution < 1.29 is 9.53 Å². The molecule has 1 aliphatic heterocycles. The summed E-state index contributed by atoms with van der Waals surface area (Å²) >= 11 is 1.42. The summed E-state index contributed by atoms with van der Waals surface area (Å²) in [6, 6.07) is 9.16. The van der Waals surface area contributed by atoms with E-state index in [0.717, 1.165) is 12.1 Å². The molecule has 3 heterocycles. The van der Waals surface area contributed by atoms with E-state index in [1.807, 2.05) is 41.5 Å². The van der Waals surface area contributed by atoms with Crippen LogP contribution in [0.15, 0.2) is 46.7 Å². The summed E-state index contributed by atoms with van der Waals surface area (Å²) < 4.78 is 7.43. The van der Waals surface area contributed by atoms with Gasteiger partial charge in [0.15, 0.2) is 11.1 Å². The number of hydrogen-bond acceptors (Lipinski definition) is 6. The number of carbonyl (C=O) groups is 1. The van der Waals surface area contributed by atoms with E-state index in [1.54, 1.807) is 12.3 Å². The van der Waals surface area contributed by atoms with Gasteiger partial charge in [-0.05, 0) is 18.6 Å². The standard InChI is InChI=1S/C19H20N4O3S/c1-2-7-20-18(25)16-12-22(14-5-3-4-6-15(14)26-16)11-13-10-17(24)23-8-9-27-19(23)21-13/h3-6,8-10,16H,2,7,11-12H2,1H3,(H,20,25)/t16-/m1/s1.